The van der Waals surface area contributed by atoms with Crippen LogP contribution in [0.25, 0.3) is 0 Å². The molecule has 3 N–H and O–H groups in total. The fourth-order valence-electron chi connectivity index (χ4n) is 4.04. The number of nitrogens with one attached hydrogen (secondary N) is 3. The van der Waals surface area contributed by atoms with Crippen LogP contribution in [0.2, 0.25) is 0 Å². The van der Waals surface area contributed by atoms with Crippen LogP contribution in [0.5, 0.6) is 0 Å². The summed E-state index contributed by atoms with van der Waals surface area (Å²) in [5.74, 6) is 0.247. The monoisotopic (exact) mass is 462 g/mol. The normalized spacial score (nSPS) is 19.4. The molecule has 4 rings (SSSR count). The van der Waals surface area contributed by atoms with Gasteiger partial charge in [-0.3, -0.25) is 0 Å². The van der Waals surface area contributed by atoms with Crippen molar-refractivity contribution in [1.82, 2.24) is 10.7 Å². The molecule has 0 aromatic heterocycles. The standard InChI is InChI=1S/C23H26N4.C3H8.2C2H6/c1-24-15-8-4-7-13-19-21(17-10-5-2-3-6-11-17)23-22-18(16-25-27-23)12-9-14-20(22)26-19;1-3-2;2*1-2/h2-10,12,14-15,19,21,24-26H,11,13,16H2,1H3;3H2,1-2H3;2*1-2H3/b7-4-,15-8-;;;. The fraction of sp³-hybridized carbons (Fsp3) is 0.433. The molecule has 2 aliphatic heterocycles. The zero-order chi connectivity index (χ0) is 25.2. The van der Waals surface area contributed by atoms with Crippen LogP contribution in [-0.4, -0.2) is 18.8 Å². The first-order valence-electron chi connectivity index (χ1n) is 13.0. The maximum atomic E-state index is 4.79. The smallest absolute Gasteiger partial charge is 0.0791 e. The summed E-state index contributed by atoms with van der Waals surface area (Å²) < 4.78 is 0. The summed E-state index contributed by atoms with van der Waals surface area (Å²) in [7, 11) is 1.91. The first kappa shape index (κ1) is 29.0. The van der Waals surface area contributed by atoms with Gasteiger partial charge in [0.05, 0.1) is 12.3 Å². The number of nitrogens with zero attached hydrogens (tertiary/aromatic N) is 1. The van der Waals surface area contributed by atoms with Crippen LogP contribution in [0, 0.1) is 5.92 Å². The Balaban J connectivity index is 0.000000750. The minimum Gasteiger partial charge on any atom is -0.394 e. The van der Waals surface area contributed by atoms with Gasteiger partial charge in [-0.15, -0.1) is 0 Å². The SMILES string of the molecule is CC.CC.CCC.CN/C=C\C=C/CC1Nc2cccc3c2C(=NNC3)C1C1=CC=CC=CC1. The van der Waals surface area contributed by atoms with Crippen molar-refractivity contribution in [2.24, 2.45) is 11.0 Å². The molecule has 0 amide bonds. The maximum Gasteiger partial charge on any atom is 0.0791 e. The zero-order valence-corrected chi connectivity index (χ0v) is 22.4. The lowest BCUT2D eigenvalue weighted by atomic mass is 9.76. The fourth-order valence-corrected chi connectivity index (χ4v) is 4.04. The first-order valence-corrected chi connectivity index (χ1v) is 13.0. The number of anilines is 1. The Morgan fingerprint density at radius 3 is 2.56 bits per heavy atom. The predicted molar refractivity (Wildman–Crippen MR) is 152 cm³/mol. The average molecular weight is 463 g/mol. The number of benzene rings is 1. The van der Waals surface area contributed by atoms with Gasteiger partial charge in [-0.1, -0.05) is 108 Å². The second-order valence-electron chi connectivity index (χ2n) is 7.68. The highest BCUT2D eigenvalue weighted by Gasteiger charge is 2.37. The molecular weight excluding hydrogens is 416 g/mol. The highest BCUT2D eigenvalue weighted by molar-refractivity contribution is 6.11. The van der Waals surface area contributed by atoms with Crippen molar-refractivity contribution in [1.29, 1.82) is 0 Å². The summed E-state index contributed by atoms with van der Waals surface area (Å²) in [6.45, 7) is 13.0. The Bertz CT molecular complexity index is 887. The highest BCUT2D eigenvalue weighted by atomic mass is 15.3. The Labute approximate surface area is 208 Å². The lowest BCUT2D eigenvalue weighted by molar-refractivity contribution is 0.593. The molecule has 1 aliphatic carbocycles. The summed E-state index contributed by atoms with van der Waals surface area (Å²) in [6.07, 6.45) is 22.3. The predicted octanol–water partition coefficient (Wildman–Crippen LogP) is 7.49. The minimum atomic E-state index is 0.247. The molecule has 2 heterocycles. The van der Waals surface area contributed by atoms with E-state index in [1.807, 2.05) is 47.0 Å². The van der Waals surface area contributed by atoms with Gasteiger partial charge in [-0.2, -0.15) is 5.10 Å². The van der Waals surface area contributed by atoms with Gasteiger partial charge >= 0.3 is 0 Å². The lowest BCUT2D eigenvalue weighted by Crippen LogP contribution is -2.43. The van der Waals surface area contributed by atoms with E-state index < -0.39 is 0 Å². The van der Waals surface area contributed by atoms with E-state index in [9.17, 15) is 0 Å². The Morgan fingerprint density at radius 2 is 1.82 bits per heavy atom. The van der Waals surface area contributed by atoms with Gasteiger partial charge < -0.3 is 16.1 Å². The lowest BCUT2D eigenvalue weighted by Gasteiger charge is -2.39. The van der Waals surface area contributed by atoms with E-state index >= 15 is 0 Å². The molecule has 34 heavy (non-hydrogen) atoms. The molecule has 0 radical (unpaired) electrons. The molecule has 0 saturated heterocycles. The van der Waals surface area contributed by atoms with Gasteiger partial charge in [0.15, 0.2) is 0 Å². The van der Waals surface area contributed by atoms with Crippen LogP contribution in [0.1, 0.15) is 71.9 Å². The molecular formula is C30H46N4. The van der Waals surface area contributed by atoms with E-state index in [2.05, 4.69) is 90.6 Å². The summed E-state index contributed by atoms with van der Waals surface area (Å²) >= 11 is 0. The molecule has 0 saturated carbocycles. The van der Waals surface area contributed by atoms with Crippen LogP contribution in [0.3, 0.4) is 0 Å². The second kappa shape index (κ2) is 17.5. The highest BCUT2D eigenvalue weighted by Crippen LogP contribution is 2.38. The van der Waals surface area contributed by atoms with Crippen LogP contribution >= 0.6 is 0 Å². The molecule has 1 aromatic carbocycles. The molecule has 3 aliphatic rings. The Kier molecular flexibility index (Phi) is 14.9. The topological polar surface area (TPSA) is 48.5 Å². The Morgan fingerprint density at radius 1 is 1.06 bits per heavy atom. The minimum absolute atomic E-state index is 0.247. The van der Waals surface area contributed by atoms with E-state index in [0.29, 0.717) is 0 Å². The second-order valence-corrected chi connectivity index (χ2v) is 7.68. The van der Waals surface area contributed by atoms with Gasteiger partial charge in [-0.25, -0.2) is 0 Å². The zero-order valence-electron chi connectivity index (χ0n) is 22.4. The Hall–Kier alpha value is -3.01. The largest absolute Gasteiger partial charge is 0.394 e. The average Bonchev–Trinajstić information content (AvgIpc) is 3.17. The summed E-state index contributed by atoms with van der Waals surface area (Å²) in [5, 5.41) is 11.6. The first-order chi connectivity index (χ1) is 16.8. The summed E-state index contributed by atoms with van der Waals surface area (Å²) in [5.41, 5.74) is 9.63. The summed E-state index contributed by atoms with van der Waals surface area (Å²) in [6, 6.07) is 6.78. The van der Waals surface area contributed by atoms with E-state index in [1.165, 1.54) is 34.5 Å². The molecule has 4 heteroatoms. The molecule has 2 atom stereocenters. The molecule has 186 valence electrons. The molecule has 0 fully saturated rings. The molecule has 2 unspecified atom stereocenters. The quantitative estimate of drug-likeness (QED) is 0.397. The number of hydrogen-bond acceptors (Lipinski definition) is 4. The van der Waals surface area contributed by atoms with E-state index in [1.54, 1.807) is 0 Å². The van der Waals surface area contributed by atoms with Crippen LogP contribution in [0.15, 0.2) is 83.7 Å². The van der Waals surface area contributed by atoms with Crippen molar-refractivity contribution in [2.45, 2.75) is 73.4 Å². The van der Waals surface area contributed by atoms with E-state index in [-0.39, 0.29) is 12.0 Å². The van der Waals surface area contributed by atoms with Crippen molar-refractivity contribution < 1.29 is 0 Å². The van der Waals surface area contributed by atoms with Crippen molar-refractivity contribution in [3.8, 4) is 0 Å². The molecule has 0 spiro atoms. The molecule has 0 bridgehead atoms. The van der Waals surface area contributed by atoms with Crippen LogP contribution < -0.4 is 16.1 Å². The third-order valence-corrected chi connectivity index (χ3v) is 5.24. The van der Waals surface area contributed by atoms with Crippen LogP contribution in [-0.2, 0) is 6.54 Å². The third-order valence-electron chi connectivity index (χ3n) is 5.24. The van der Waals surface area contributed by atoms with Gasteiger partial charge in [0.25, 0.3) is 0 Å². The van der Waals surface area contributed by atoms with Crippen molar-refractivity contribution in [3.63, 3.8) is 0 Å². The number of allylic oxidation sites excluding steroid dienone is 7. The van der Waals surface area contributed by atoms with Crippen molar-refractivity contribution in [3.05, 3.63) is 89.7 Å². The summed E-state index contributed by atoms with van der Waals surface area (Å²) in [4.78, 5) is 0. The number of hydrogen-bond donors (Lipinski definition) is 3. The third kappa shape index (κ3) is 8.09. The van der Waals surface area contributed by atoms with E-state index in [4.69, 9.17) is 5.10 Å². The van der Waals surface area contributed by atoms with Gasteiger partial charge in [0.2, 0.25) is 0 Å². The molecule has 4 nitrogen and oxygen atoms in total. The van der Waals surface area contributed by atoms with Crippen molar-refractivity contribution in [2.75, 3.05) is 12.4 Å². The van der Waals surface area contributed by atoms with Gasteiger partial charge in [0.1, 0.15) is 0 Å². The van der Waals surface area contributed by atoms with Gasteiger partial charge in [0, 0.05) is 30.3 Å². The number of rotatable bonds is 5. The van der Waals surface area contributed by atoms with Crippen molar-refractivity contribution >= 4 is 11.4 Å². The van der Waals surface area contributed by atoms with E-state index in [0.717, 1.165) is 19.4 Å². The molecule has 1 aromatic rings. The van der Waals surface area contributed by atoms with Gasteiger partial charge in [-0.05, 0) is 36.7 Å². The van der Waals surface area contributed by atoms with Crippen LogP contribution in [0.4, 0.5) is 5.69 Å². The number of hydrazone groups is 1. The maximum absolute atomic E-state index is 4.79.